The molecular weight excluding hydrogens is 277 g/mol. The lowest BCUT2D eigenvalue weighted by Crippen LogP contribution is -2.28. The summed E-state index contributed by atoms with van der Waals surface area (Å²) in [6.45, 7) is 0. The first-order valence-corrected chi connectivity index (χ1v) is 6.04. The molecule has 1 atom stereocenters. The number of rotatable bonds is 4. The molecule has 21 heavy (non-hydrogen) atoms. The minimum atomic E-state index is -0.958. The number of amides is 1. The van der Waals surface area contributed by atoms with Gasteiger partial charge in [0.2, 0.25) is 5.91 Å². The van der Waals surface area contributed by atoms with Gasteiger partial charge in [-0.25, -0.2) is 4.39 Å². The zero-order valence-electron chi connectivity index (χ0n) is 10.8. The van der Waals surface area contributed by atoms with Gasteiger partial charge < -0.3 is 11.1 Å². The third-order valence-electron chi connectivity index (χ3n) is 2.86. The number of benzene rings is 2. The molecule has 7 heteroatoms. The Labute approximate surface area is 119 Å². The molecule has 0 aliphatic carbocycles. The number of halogens is 1. The lowest BCUT2D eigenvalue weighted by molar-refractivity contribution is -0.385. The van der Waals surface area contributed by atoms with Crippen molar-refractivity contribution in [3.05, 3.63) is 70.0 Å². The van der Waals surface area contributed by atoms with Crippen LogP contribution in [-0.4, -0.2) is 10.8 Å². The van der Waals surface area contributed by atoms with Crippen LogP contribution in [0, 0.1) is 15.9 Å². The molecule has 0 saturated carbocycles. The topological polar surface area (TPSA) is 98.3 Å². The number of nitrogens with two attached hydrogens (primary N) is 1. The van der Waals surface area contributed by atoms with Crippen molar-refractivity contribution in [3.63, 3.8) is 0 Å². The van der Waals surface area contributed by atoms with E-state index in [1.54, 1.807) is 30.3 Å². The summed E-state index contributed by atoms with van der Waals surface area (Å²) in [6.07, 6.45) is 0. The molecule has 0 spiro atoms. The van der Waals surface area contributed by atoms with Gasteiger partial charge in [0.05, 0.1) is 16.7 Å². The predicted octanol–water partition coefficient (Wildman–Crippen LogP) is 2.37. The molecule has 0 bridgehead atoms. The maximum atomic E-state index is 13.7. The van der Waals surface area contributed by atoms with Gasteiger partial charge in [-0.1, -0.05) is 30.3 Å². The van der Waals surface area contributed by atoms with Gasteiger partial charge >= 0.3 is 0 Å². The van der Waals surface area contributed by atoms with Crippen LogP contribution >= 0.6 is 0 Å². The summed E-state index contributed by atoms with van der Waals surface area (Å²) < 4.78 is 13.7. The second kappa shape index (κ2) is 6.10. The molecule has 0 radical (unpaired) electrons. The van der Waals surface area contributed by atoms with Crippen LogP contribution in [0.5, 0.6) is 0 Å². The van der Waals surface area contributed by atoms with Crippen molar-refractivity contribution in [3.8, 4) is 0 Å². The molecule has 0 unspecified atom stereocenters. The number of carbonyl (C=O) groups excluding carboxylic acids is 1. The molecule has 0 saturated heterocycles. The van der Waals surface area contributed by atoms with Crippen LogP contribution in [0.25, 0.3) is 0 Å². The van der Waals surface area contributed by atoms with E-state index in [9.17, 15) is 19.3 Å². The Balaban J connectivity index is 2.15. The monoisotopic (exact) mass is 289 g/mol. The average molecular weight is 289 g/mol. The molecule has 2 aromatic carbocycles. The summed E-state index contributed by atoms with van der Waals surface area (Å²) >= 11 is 0. The highest BCUT2D eigenvalue weighted by Crippen LogP contribution is 2.21. The maximum absolute atomic E-state index is 13.7. The van der Waals surface area contributed by atoms with E-state index in [0.29, 0.717) is 5.56 Å². The Morgan fingerprint density at radius 1 is 1.24 bits per heavy atom. The predicted molar refractivity (Wildman–Crippen MR) is 75.1 cm³/mol. The quantitative estimate of drug-likeness (QED) is 0.666. The molecular formula is C14H12FN3O3. The van der Waals surface area contributed by atoms with E-state index in [1.807, 2.05) is 0 Å². The highest BCUT2D eigenvalue weighted by Gasteiger charge is 2.18. The van der Waals surface area contributed by atoms with Gasteiger partial charge in [0.1, 0.15) is 6.04 Å². The zero-order valence-corrected chi connectivity index (χ0v) is 10.8. The van der Waals surface area contributed by atoms with Crippen LogP contribution in [0.3, 0.4) is 0 Å². The van der Waals surface area contributed by atoms with E-state index in [4.69, 9.17) is 5.73 Å². The Hall–Kier alpha value is -2.80. The molecule has 0 aliphatic rings. The number of anilines is 1. The molecule has 0 aliphatic heterocycles. The van der Waals surface area contributed by atoms with E-state index in [1.165, 1.54) is 0 Å². The third kappa shape index (κ3) is 3.40. The lowest BCUT2D eigenvalue weighted by atomic mass is 10.1. The van der Waals surface area contributed by atoms with Crippen molar-refractivity contribution in [2.75, 3.05) is 5.32 Å². The summed E-state index contributed by atoms with van der Waals surface area (Å²) in [7, 11) is 0. The molecule has 108 valence electrons. The zero-order chi connectivity index (χ0) is 15.4. The van der Waals surface area contributed by atoms with E-state index < -0.39 is 28.4 Å². The summed E-state index contributed by atoms with van der Waals surface area (Å²) in [5.74, 6) is -1.49. The number of nitrogens with zero attached hydrogens (tertiary/aromatic N) is 1. The molecule has 2 aromatic rings. The van der Waals surface area contributed by atoms with Gasteiger partial charge in [0.15, 0.2) is 5.82 Å². The van der Waals surface area contributed by atoms with Gasteiger partial charge in [0, 0.05) is 6.07 Å². The second-order valence-electron chi connectivity index (χ2n) is 4.30. The Morgan fingerprint density at radius 2 is 1.90 bits per heavy atom. The molecule has 1 amide bonds. The molecule has 6 nitrogen and oxygen atoms in total. The van der Waals surface area contributed by atoms with Gasteiger partial charge in [-0.15, -0.1) is 0 Å². The van der Waals surface area contributed by atoms with Crippen LogP contribution in [0.1, 0.15) is 11.6 Å². The fourth-order valence-electron chi connectivity index (χ4n) is 1.74. The van der Waals surface area contributed by atoms with Crippen molar-refractivity contribution in [2.45, 2.75) is 6.04 Å². The SMILES string of the molecule is N[C@H](C(=O)Nc1ccc([N+](=O)[O-])cc1F)c1ccccc1. The van der Waals surface area contributed by atoms with Gasteiger partial charge in [-0.2, -0.15) is 0 Å². The normalized spacial score (nSPS) is 11.7. The molecule has 0 aromatic heterocycles. The van der Waals surface area contributed by atoms with Crippen molar-refractivity contribution in [1.82, 2.24) is 0 Å². The van der Waals surface area contributed by atoms with Gasteiger partial charge in [-0.3, -0.25) is 14.9 Å². The van der Waals surface area contributed by atoms with Crippen LogP contribution < -0.4 is 11.1 Å². The van der Waals surface area contributed by atoms with E-state index in [0.717, 1.165) is 18.2 Å². The minimum Gasteiger partial charge on any atom is -0.322 e. The van der Waals surface area contributed by atoms with Crippen molar-refractivity contribution >= 4 is 17.3 Å². The van der Waals surface area contributed by atoms with Crippen molar-refractivity contribution < 1.29 is 14.1 Å². The minimum absolute atomic E-state index is 0.156. The van der Waals surface area contributed by atoms with Crippen LogP contribution in [-0.2, 0) is 4.79 Å². The standard InChI is InChI=1S/C14H12FN3O3/c15-11-8-10(18(20)21)6-7-12(11)17-14(19)13(16)9-4-2-1-3-5-9/h1-8,13H,16H2,(H,17,19)/t13-/m0/s1. The first-order chi connectivity index (χ1) is 9.99. The Kier molecular flexibility index (Phi) is 4.24. The molecule has 2 rings (SSSR count). The smallest absolute Gasteiger partial charge is 0.272 e. The van der Waals surface area contributed by atoms with E-state index in [2.05, 4.69) is 5.32 Å². The number of carbonyl (C=O) groups is 1. The number of nitro groups is 1. The number of hydrogen-bond acceptors (Lipinski definition) is 4. The van der Waals surface area contributed by atoms with Crippen LogP contribution in [0.4, 0.5) is 15.8 Å². The summed E-state index contributed by atoms with van der Waals surface area (Å²) in [4.78, 5) is 21.7. The number of non-ortho nitro benzene ring substituents is 1. The maximum Gasteiger partial charge on any atom is 0.272 e. The second-order valence-corrected chi connectivity index (χ2v) is 4.30. The van der Waals surface area contributed by atoms with Crippen molar-refractivity contribution in [2.24, 2.45) is 5.73 Å². The van der Waals surface area contributed by atoms with Gasteiger partial charge in [-0.05, 0) is 11.6 Å². The number of nitrogens with one attached hydrogen (secondary N) is 1. The van der Waals surface area contributed by atoms with E-state index in [-0.39, 0.29) is 5.69 Å². The first-order valence-electron chi connectivity index (χ1n) is 6.04. The molecule has 0 heterocycles. The molecule has 3 N–H and O–H groups in total. The fraction of sp³-hybridized carbons (Fsp3) is 0.0714. The number of nitro benzene ring substituents is 1. The Morgan fingerprint density at radius 3 is 2.48 bits per heavy atom. The largest absolute Gasteiger partial charge is 0.322 e. The Bertz CT molecular complexity index is 676. The van der Waals surface area contributed by atoms with Crippen molar-refractivity contribution in [1.29, 1.82) is 0 Å². The first kappa shape index (κ1) is 14.6. The van der Waals surface area contributed by atoms with Gasteiger partial charge in [0.25, 0.3) is 5.69 Å². The summed E-state index contributed by atoms with van der Waals surface area (Å²) in [6, 6.07) is 10.6. The average Bonchev–Trinajstić information content (AvgIpc) is 2.49. The lowest BCUT2D eigenvalue weighted by Gasteiger charge is -2.12. The fourth-order valence-corrected chi connectivity index (χ4v) is 1.74. The van der Waals surface area contributed by atoms with Crippen LogP contribution in [0.15, 0.2) is 48.5 Å². The highest BCUT2D eigenvalue weighted by molar-refractivity contribution is 5.95. The molecule has 0 fully saturated rings. The van der Waals surface area contributed by atoms with E-state index >= 15 is 0 Å². The highest BCUT2D eigenvalue weighted by atomic mass is 19.1. The number of hydrogen-bond donors (Lipinski definition) is 2. The third-order valence-corrected chi connectivity index (χ3v) is 2.86. The summed E-state index contributed by atoms with van der Waals surface area (Å²) in [5, 5.41) is 12.8. The van der Waals surface area contributed by atoms with Crippen LogP contribution in [0.2, 0.25) is 0 Å². The summed E-state index contributed by atoms with van der Waals surface area (Å²) in [5.41, 5.74) is 5.81.